The maximum atomic E-state index is 8.67. The summed E-state index contributed by atoms with van der Waals surface area (Å²) >= 11 is -9.68. The van der Waals surface area contributed by atoms with Gasteiger partial charge in [0, 0.05) is 126 Å². The molecule has 0 spiro atoms. The van der Waals surface area contributed by atoms with Crippen molar-refractivity contribution in [1.82, 2.24) is 0 Å². The summed E-state index contributed by atoms with van der Waals surface area (Å²) in [5.74, 6) is 1.88. The zero-order valence-electron chi connectivity index (χ0n) is 42.2. The summed E-state index contributed by atoms with van der Waals surface area (Å²) in [6.45, 7) is 11.5. The number of nitrogens with zero attached hydrogens (tertiary/aromatic N) is 6. The number of nitrogens with one attached hydrogen (secondary N) is 2. The Hall–Kier alpha value is -1.40. The number of guanidine groups is 8. The van der Waals surface area contributed by atoms with E-state index < -0.39 is 17.9 Å². The van der Waals surface area contributed by atoms with Gasteiger partial charge < -0.3 is 162 Å². The van der Waals surface area contributed by atoms with Crippen LogP contribution in [0.1, 0.15) is 0 Å². The van der Waals surface area contributed by atoms with E-state index >= 15 is 0 Å². The number of hydrogen-bond donors (Lipinski definition) is 14. The van der Waals surface area contributed by atoms with Crippen LogP contribution in [0, 0.1) is 0 Å². The number of aliphatic imine (C=N–C) groups is 2. The van der Waals surface area contributed by atoms with E-state index in [2.05, 4.69) is 20.0 Å². The summed E-state index contributed by atoms with van der Waals surface area (Å²) in [5, 5.41) is 0. The standard InChI is InChI=1S/4C6H13N5O.6Mo.H6O6Te.4H2O.18O/c4*7-5(8)10-6(9)11-1-3-12-4-2-11;;;;;;;1-7(2,3,4,5)6;;;;;;;;;;;;;;;;;;;;;;/h4*1-4H2,(H5,7,8,9,10);;;;;;;1-6H;4*1H2;;;;;;;;;;;;;;;;;;/q;;;;;;;;;;;;;;;18*-2. The second kappa shape index (κ2) is 94.3. The Labute approximate surface area is 560 Å². The van der Waals surface area contributed by atoms with Crippen LogP contribution in [0.4, 0.5) is 0 Å². The first-order chi connectivity index (χ1) is 25.2. The normalized spacial score (nSPS) is 11.9. The van der Waals surface area contributed by atoms with E-state index in [1.807, 2.05) is 18.3 Å². The van der Waals surface area contributed by atoms with Crippen molar-refractivity contribution in [2.24, 2.45) is 78.8 Å². The molecule has 0 radical (unpaired) electrons. The predicted molar refractivity (Wildman–Crippen MR) is 213 cm³/mol. The van der Waals surface area contributed by atoms with Crippen LogP contribution in [0.2, 0.25) is 0 Å². The van der Waals surface area contributed by atoms with Crippen molar-refractivity contribution < 1.29 is 315 Å². The molecule has 0 unspecified atom stereocenters. The first-order valence-electron chi connectivity index (χ1n) is 16.1. The van der Waals surface area contributed by atoms with Crippen LogP contribution in [0.15, 0.2) is 9.98 Å². The van der Waals surface area contributed by atoms with Gasteiger partial charge in [-0.25, -0.2) is 9.15 Å². The average Bonchev–Trinajstić information content (AvgIpc) is 3.08. The monoisotopic (exact) mass is 1860 g/mol. The van der Waals surface area contributed by atoms with Crippen molar-refractivity contribution in [2.75, 3.05) is 105 Å². The fraction of sp³-hybridized carbons (Fsp3) is 0.667. The quantitative estimate of drug-likeness (QED) is 0.0463. The zero-order valence-corrected chi connectivity index (χ0v) is 56.6. The summed E-state index contributed by atoms with van der Waals surface area (Å²) in [7, 11) is 0. The molecule has 0 amide bonds. The molecular weight excluding hydrogens is 1780 g/mol. The summed E-state index contributed by atoms with van der Waals surface area (Å²) in [5.41, 5.74) is 64.0. The van der Waals surface area contributed by atoms with Crippen LogP contribution in [-0.4, -0.2) is 211 Å². The molecule has 83 heavy (non-hydrogen) atoms. The van der Waals surface area contributed by atoms with Crippen LogP contribution < -0.4 is 99.6 Å². The summed E-state index contributed by atoms with van der Waals surface area (Å²) in [6, 6.07) is 0. The van der Waals surface area contributed by atoms with E-state index in [1.54, 1.807) is 0 Å². The van der Waals surface area contributed by atoms with Gasteiger partial charge in [0.1, 0.15) is 0 Å². The SMILES string of the molecule is NC(N)=NC(N)=[N+]1CCOCC1.NC(N)=NC(N)=[N+]1CCOCC1.NC(N)=[NH+]C(N)=[N+]1CCOCC1.NC(N)=[NH+]C(N)=[N+]1CCOCC1.O.O.O.O.[Mo].[Mo].[Mo].[Mo].[Mo].[Mo].[O-2].[O-2].[O-2].[O-2].[O-2].[O-2].[O-2].[O-2].[O-2].[O-2].[O-2].[O-2].[O-2].[O-2].[O-2].[O-2].[O-2].[O-2].[O-][Te]([O-])([O-])([O-])([O-])[O-]. The van der Waals surface area contributed by atoms with Crippen LogP contribution >= 0.6 is 0 Å². The van der Waals surface area contributed by atoms with Gasteiger partial charge in [-0.2, -0.15) is 9.98 Å². The molecule has 532 valence electrons. The average molecular weight is 1850 g/mol. The van der Waals surface area contributed by atoms with E-state index in [0.29, 0.717) is 76.7 Å². The first kappa shape index (κ1) is 192. The Morgan fingerprint density at radius 2 is 0.434 bits per heavy atom. The molecule has 4 rings (SSSR count). The van der Waals surface area contributed by atoms with E-state index in [0.717, 1.165) is 52.4 Å². The van der Waals surface area contributed by atoms with E-state index in [1.165, 1.54) is 0 Å². The number of hydrogen-bond acceptors (Lipinski definition) is 10. The summed E-state index contributed by atoms with van der Waals surface area (Å²) < 4.78 is 80.2. The third kappa shape index (κ3) is 127. The molecule has 0 aliphatic carbocycles. The maximum absolute atomic E-state index is 9.68. The molecule has 4 heterocycles. The predicted octanol–water partition coefficient (Wildman–Crippen LogP) is -26.3. The Kier molecular flexibility index (Phi) is 218. The van der Waals surface area contributed by atoms with Gasteiger partial charge in [-0.15, -0.1) is 0 Å². The molecule has 52 nitrogen and oxygen atoms in total. The number of nitrogens with two attached hydrogens (primary N) is 12. The van der Waals surface area contributed by atoms with Gasteiger partial charge >= 0.3 is 74.5 Å². The Morgan fingerprint density at radius 3 is 0.554 bits per heavy atom. The van der Waals surface area contributed by atoms with Crippen molar-refractivity contribution in [1.29, 1.82) is 0 Å². The Morgan fingerprint density at radius 1 is 0.301 bits per heavy atom. The summed E-state index contributed by atoms with van der Waals surface area (Å²) in [6.07, 6.45) is 0. The van der Waals surface area contributed by atoms with Crippen LogP contribution in [-0.2, 0) is 244 Å². The van der Waals surface area contributed by atoms with Gasteiger partial charge in [-0.05, 0) is 9.98 Å². The topological polar surface area (TPSA) is 1190 Å². The molecule has 0 aromatic heterocycles. The summed E-state index contributed by atoms with van der Waals surface area (Å²) in [4.78, 5) is 12.8. The van der Waals surface area contributed by atoms with E-state index in [4.69, 9.17) is 109 Å². The van der Waals surface area contributed by atoms with Gasteiger partial charge in [0.25, 0.3) is 11.9 Å². The van der Waals surface area contributed by atoms with Crippen molar-refractivity contribution >= 4 is 65.6 Å². The van der Waals surface area contributed by atoms with Gasteiger partial charge in [0.2, 0.25) is 0 Å². The molecule has 0 bridgehead atoms. The second-order valence-corrected chi connectivity index (χ2v) is 17.0. The van der Waals surface area contributed by atoms with Gasteiger partial charge in [-0.1, -0.05) is 0 Å². The number of ether oxygens (including phenoxy) is 4. The van der Waals surface area contributed by atoms with Crippen LogP contribution in [0.25, 0.3) is 0 Å². The molecule has 59 heteroatoms. The van der Waals surface area contributed by atoms with Crippen LogP contribution in [0.3, 0.4) is 0 Å². The Balaban J connectivity index is -0.0000000151. The third-order valence-electron chi connectivity index (χ3n) is 6.41. The fourth-order valence-electron chi connectivity index (χ4n) is 4.05. The minimum atomic E-state index is -9.68. The molecular formula is C24H66Mo6N20O32Te-36. The van der Waals surface area contributed by atoms with Crippen molar-refractivity contribution in [3.05, 3.63) is 0 Å². The van der Waals surface area contributed by atoms with Crippen molar-refractivity contribution in [3.8, 4) is 0 Å². The second-order valence-electron chi connectivity index (χ2n) is 11.1. The van der Waals surface area contributed by atoms with Crippen LogP contribution in [0.5, 0.6) is 0 Å². The number of morpholine rings is 4. The molecule has 4 saturated heterocycles. The molecule has 4 fully saturated rings. The molecule has 4 aliphatic heterocycles. The van der Waals surface area contributed by atoms with Gasteiger partial charge in [-0.3, -0.25) is 55.0 Å². The first-order valence-corrected chi connectivity index (χ1v) is 21.8. The molecule has 4 aliphatic rings. The molecule has 0 aromatic carbocycles. The minimum absolute atomic E-state index is 0. The number of rotatable bonds is 0. The van der Waals surface area contributed by atoms with Gasteiger partial charge in [0.05, 0.1) is 105 Å². The van der Waals surface area contributed by atoms with Crippen molar-refractivity contribution in [3.63, 3.8) is 0 Å². The van der Waals surface area contributed by atoms with Crippen molar-refractivity contribution in [2.45, 2.75) is 0 Å². The molecule has 0 atom stereocenters. The molecule has 0 aromatic rings. The zero-order chi connectivity index (χ0) is 42.3. The fourth-order valence-corrected chi connectivity index (χ4v) is 4.05. The van der Waals surface area contributed by atoms with E-state index in [-0.39, 0.29) is 271 Å². The Bertz CT molecular complexity index is 1310. The molecule has 34 N–H and O–H groups in total. The van der Waals surface area contributed by atoms with E-state index in [9.17, 15) is 0 Å². The molecule has 0 saturated carbocycles. The van der Waals surface area contributed by atoms with Gasteiger partial charge in [0.15, 0.2) is 0 Å². The third-order valence-corrected chi connectivity index (χ3v) is 6.41.